The Kier molecular flexibility index (Phi) is 10.3. The van der Waals surface area contributed by atoms with E-state index in [9.17, 15) is 31.2 Å². The van der Waals surface area contributed by atoms with Gasteiger partial charge in [-0.05, 0) is 29.7 Å². The van der Waals surface area contributed by atoms with Gasteiger partial charge in [0.05, 0.1) is 11.9 Å². The molecule has 1 atom stereocenters. The number of nitrogens with one attached hydrogen (secondary N) is 1. The molecule has 0 aromatic heterocycles. The van der Waals surface area contributed by atoms with Crippen molar-refractivity contribution in [1.82, 2.24) is 10.2 Å². The predicted octanol–water partition coefficient (Wildman–Crippen LogP) is 4.28. The number of amides is 2. The smallest absolute Gasteiger partial charge is 0.244 e. The first-order valence-electron chi connectivity index (χ1n) is 12.6. The summed E-state index contributed by atoms with van der Waals surface area (Å²) in [7, 11) is -4.16. The summed E-state index contributed by atoms with van der Waals surface area (Å²) < 4.78 is 68.3. The van der Waals surface area contributed by atoms with Gasteiger partial charge >= 0.3 is 0 Å². The Bertz CT molecular complexity index is 1440. The Balaban J connectivity index is 2.07. The van der Waals surface area contributed by atoms with E-state index in [0.29, 0.717) is 16.9 Å². The molecular formula is C29H32F3N3O4S. The zero-order chi connectivity index (χ0) is 29.4. The molecule has 0 aliphatic heterocycles. The molecule has 0 radical (unpaired) electrons. The van der Waals surface area contributed by atoms with E-state index in [1.807, 2.05) is 13.8 Å². The lowest BCUT2D eigenvalue weighted by Crippen LogP contribution is -2.53. The van der Waals surface area contributed by atoms with Gasteiger partial charge in [-0.15, -0.1) is 0 Å². The molecule has 40 heavy (non-hydrogen) atoms. The molecule has 11 heteroatoms. The Labute approximate surface area is 232 Å². The van der Waals surface area contributed by atoms with Gasteiger partial charge in [0, 0.05) is 31.1 Å². The first kappa shape index (κ1) is 30.7. The summed E-state index contributed by atoms with van der Waals surface area (Å²) >= 11 is 0. The minimum Gasteiger partial charge on any atom is -0.354 e. The van der Waals surface area contributed by atoms with Crippen LogP contribution in [0.5, 0.6) is 0 Å². The zero-order valence-electron chi connectivity index (χ0n) is 22.5. The van der Waals surface area contributed by atoms with Gasteiger partial charge in [-0.1, -0.05) is 62.4 Å². The molecule has 3 rings (SSSR count). The number of halogens is 3. The molecule has 0 aliphatic carbocycles. The number of carbonyl (C=O) groups is 2. The normalized spacial score (nSPS) is 12.2. The van der Waals surface area contributed by atoms with E-state index in [1.54, 1.807) is 36.4 Å². The number of hydrogen-bond acceptors (Lipinski definition) is 4. The highest BCUT2D eigenvalue weighted by Crippen LogP contribution is 2.23. The third kappa shape index (κ3) is 8.32. The standard InChI is InChI=1S/C29H32F3N3O4S/c1-20(2)17-33-29(37)27(15-21-9-5-4-6-10-21)34(18-22-11-7-8-12-24(22)30)28(36)19-35(40(3,38)39)23-13-14-25(31)26(32)16-23/h4-14,16,20,27H,15,17-19H2,1-3H3,(H,33,37)/t27-/m0/s1. The van der Waals surface area contributed by atoms with Crippen molar-refractivity contribution in [1.29, 1.82) is 0 Å². The maximum atomic E-state index is 14.7. The van der Waals surface area contributed by atoms with Crippen LogP contribution in [-0.2, 0) is 32.6 Å². The number of anilines is 1. The molecule has 0 saturated heterocycles. The molecular weight excluding hydrogens is 543 g/mol. The second-order valence-corrected chi connectivity index (χ2v) is 11.7. The largest absolute Gasteiger partial charge is 0.354 e. The fourth-order valence-electron chi connectivity index (χ4n) is 4.04. The summed E-state index contributed by atoms with van der Waals surface area (Å²) in [6.07, 6.45) is 0.883. The predicted molar refractivity (Wildman–Crippen MR) is 147 cm³/mol. The van der Waals surface area contributed by atoms with Crippen molar-refractivity contribution in [2.24, 2.45) is 5.92 Å². The van der Waals surface area contributed by atoms with Crippen molar-refractivity contribution in [3.63, 3.8) is 0 Å². The molecule has 214 valence electrons. The number of hydrogen-bond donors (Lipinski definition) is 1. The van der Waals surface area contributed by atoms with Gasteiger partial charge in [0.25, 0.3) is 0 Å². The highest BCUT2D eigenvalue weighted by Gasteiger charge is 2.33. The average molecular weight is 576 g/mol. The van der Waals surface area contributed by atoms with Gasteiger partial charge in [-0.25, -0.2) is 21.6 Å². The van der Waals surface area contributed by atoms with Crippen molar-refractivity contribution < 1.29 is 31.2 Å². The molecule has 1 N–H and O–H groups in total. The molecule has 2 amide bonds. The Morgan fingerprint density at radius 1 is 0.875 bits per heavy atom. The van der Waals surface area contributed by atoms with Crippen molar-refractivity contribution in [3.05, 3.63) is 101 Å². The van der Waals surface area contributed by atoms with Crippen LogP contribution >= 0.6 is 0 Å². The summed E-state index contributed by atoms with van der Waals surface area (Å²) in [6, 6.07) is 16.0. The summed E-state index contributed by atoms with van der Waals surface area (Å²) in [4.78, 5) is 28.5. The number of carbonyl (C=O) groups excluding carboxylic acids is 2. The SMILES string of the molecule is CC(C)CNC(=O)[C@H](Cc1ccccc1)N(Cc1ccccc1F)C(=O)CN(c1ccc(F)c(F)c1)S(C)(=O)=O. The number of rotatable bonds is 12. The quantitative estimate of drug-likeness (QED) is 0.349. The van der Waals surface area contributed by atoms with Gasteiger partial charge < -0.3 is 10.2 Å². The summed E-state index contributed by atoms with van der Waals surface area (Å²) in [5, 5.41) is 2.82. The molecule has 0 aliphatic rings. The molecule has 0 spiro atoms. The van der Waals surface area contributed by atoms with E-state index >= 15 is 0 Å². The molecule has 0 fully saturated rings. The van der Waals surface area contributed by atoms with Gasteiger partial charge in [0.2, 0.25) is 21.8 Å². The monoisotopic (exact) mass is 575 g/mol. The summed E-state index contributed by atoms with van der Waals surface area (Å²) in [5.74, 6) is -4.32. The van der Waals surface area contributed by atoms with Crippen molar-refractivity contribution in [2.75, 3.05) is 23.7 Å². The van der Waals surface area contributed by atoms with Crippen LogP contribution in [0.25, 0.3) is 0 Å². The van der Waals surface area contributed by atoms with Crippen LogP contribution in [0.15, 0.2) is 72.8 Å². The van der Waals surface area contributed by atoms with E-state index in [4.69, 9.17) is 0 Å². The van der Waals surface area contributed by atoms with Crippen LogP contribution in [-0.4, -0.2) is 50.5 Å². The van der Waals surface area contributed by atoms with Crippen LogP contribution in [0, 0.1) is 23.4 Å². The molecule has 3 aromatic rings. The maximum Gasteiger partial charge on any atom is 0.244 e. The third-order valence-corrected chi connectivity index (χ3v) is 7.27. The number of benzene rings is 3. The molecule has 0 saturated carbocycles. The van der Waals surface area contributed by atoms with E-state index in [-0.39, 0.29) is 30.1 Å². The van der Waals surface area contributed by atoms with Gasteiger partial charge in [-0.3, -0.25) is 13.9 Å². The number of nitrogens with zero attached hydrogens (tertiary/aromatic N) is 2. The highest BCUT2D eigenvalue weighted by molar-refractivity contribution is 7.92. The van der Waals surface area contributed by atoms with E-state index < -0.39 is 51.9 Å². The van der Waals surface area contributed by atoms with Crippen LogP contribution < -0.4 is 9.62 Å². The maximum absolute atomic E-state index is 14.7. The van der Waals surface area contributed by atoms with Crippen LogP contribution in [0.1, 0.15) is 25.0 Å². The Hall–Kier alpha value is -3.86. The van der Waals surface area contributed by atoms with Crippen molar-refractivity contribution in [3.8, 4) is 0 Å². The van der Waals surface area contributed by atoms with Crippen LogP contribution in [0.2, 0.25) is 0 Å². The van der Waals surface area contributed by atoms with Crippen molar-refractivity contribution in [2.45, 2.75) is 32.9 Å². The molecule has 0 unspecified atom stereocenters. The lowest BCUT2D eigenvalue weighted by molar-refractivity contribution is -0.140. The molecule has 0 bridgehead atoms. The minimum absolute atomic E-state index is 0.0645. The van der Waals surface area contributed by atoms with E-state index in [2.05, 4.69) is 5.32 Å². The third-order valence-electron chi connectivity index (χ3n) is 6.12. The number of sulfonamides is 1. The Morgan fingerprint density at radius 3 is 2.12 bits per heavy atom. The molecule has 0 heterocycles. The highest BCUT2D eigenvalue weighted by atomic mass is 32.2. The summed E-state index contributed by atoms with van der Waals surface area (Å²) in [6.45, 7) is 2.95. The first-order chi connectivity index (χ1) is 18.9. The zero-order valence-corrected chi connectivity index (χ0v) is 23.3. The molecule has 7 nitrogen and oxygen atoms in total. The lowest BCUT2D eigenvalue weighted by atomic mass is 10.0. The van der Waals surface area contributed by atoms with Crippen molar-refractivity contribution >= 4 is 27.5 Å². The fourth-order valence-corrected chi connectivity index (χ4v) is 4.88. The van der Waals surface area contributed by atoms with E-state index in [1.165, 1.54) is 18.2 Å². The molecule has 3 aromatic carbocycles. The second-order valence-electron chi connectivity index (χ2n) is 9.83. The summed E-state index contributed by atoms with van der Waals surface area (Å²) in [5.41, 5.74) is 0.563. The average Bonchev–Trinajstić information content (AvgIpc) is 2.90. The van der Waals surface area contributed by atoms with Crippen LogP contribution in [0.4, 0.5) is 18.9 Å². The van der Waals surface area contributed by atoms with Gasteiger partial charge in [0.15, 0.2) is 11.6 Å². The van der Waals surface area contributed by atoms with E-state index in [0.717, 1.165) is 28.9 Å². The minimum atomic E-state index is -4.16. The fraction of sp³-hybridized carbons (Fsp3) is 0.310. The lowest BCUT2D eigenvalue weighted by Gasteiger charge is -2.33. The van der Waals surface area contributed by atoms with Gasteiger partial charge in [0.1, 0.15) is 18.4 Å². The first-order valence-corrected chi connectivity index (χ1v) is 14.5. The second kappa shape index (κ2) is 13.5. The topological polar surface area (TPSA) is 86.8 Å². The van der Waals surface area contributed by atoms with Gasteiger partial charge in [-0.2, -0.15) is 0 Å². The van der Waals surface area contributed by atoms with Crippen LogP contribution in [0.3, 0.4) is 0 Å². The Morgan fingerprint density at radius 2 is 1.52 bits per heavy atom.